The van der Waals surface area contributed by atoms with Crippen LogP contribution in [0.1, 0.15) is 25.7 Å². The minimum absolute atomic E-state index is 0. The zero-order valence-corrected chi connectivity index (χ0v) is 10.3. The lowest BCUT2D eigenvalue weighted by molar-refractivity contribution is 0.393. The third-order valence-corrected chi connectivity index (χ3v) is 3.76. The summed E-state index contributed by atoms with van der Waals surface area (Å²) in [5.74, 6) is 0. The Labute approximate surface area is 87.6 Å². The van der Waals surface area contributed by atoms with Gasteiger partial charge < -0.3 is 9.88 Å². The van der Waals surface area contributed by atoms with Gasteiger partial charge in [0.15, 0.2) is 0 Å². The molecule has 0 amide bonds. The van der Waals surface area contributed by atoms with E-state index in [9.17, 15) is 4.57 Å². The van der Waals surface area contributed by atoms with Crippen molar-refractivity contribution in [2.45, 2.75) is 31.7 Å². The lowest BCUT2D eigenvalue weighted by Gasteiger charge is -2.23. The van der Waals surface area contributed by atoms with Crippen molar-refractivity contribution in [2.24, 2.45) is 0 Å². The number of rotatable bonds is 3. The van der Waals surface area contributed by atoms with Gasteiger partial charge in [-0.2, -0.15) is 0 Å². The fourth-order valence-electron chi connectivity index (χ4n) is 1.64. The third-order valence-electron chi connectivity index (χ3n) is 2.43. The first-order chi connectivity index (χ1) is 5.58. The van der Waals surface area contributed by atoms with Gasteiger partial charge in [-0.25, -0.2) is 0 Å². The molecule has 0 aromatic carbocycles. The highest BCUT2D eigenvalue weighted by molar-refractivity contribution is 7.62. The first kappa shape index (κ1) is 13.5. The molecule has 1 aliphatic rings. The third kappa shape index (κ3) is 6.54. The molecule has 0 saturated carbocycles. The van der Waals surface area contributed by atoms with E-state index in [1.54, 1.807) is 0 Å². The van der Waals surface area contributed by atoms with E-state index < -0.39 is 7.14 Å². The molecule has 0 radical (unpaired) electrons. The second-order valence-electron chi connectivity index (χ2n) is 4.23. The van der Waals surface area contributed by atoms with Crippen molar-refractivity contribution in [3.05, 3.63) is 0 Å². The Bertz CT molecular complexity index is 174. The monoisotopic (exact) mass is 225 g/mol. The second kappa shape index (κ2) is 6.06. The minimum atomic E-state index is -1.77. The number of halogens is 1. The summed E-state index contributed by atoms with van der Waals surface area (Å²) in [5.41, 5.74) is 0. The first-order valence-electron chi connectivity index (χ1n) is 4.85. The SMILES string of the molecule is CP(C)(=O)CCC1CCCCN1.Cl. The molecular formula is C9H21ClNOP. The smallest absolute Gasteiger partial charge is 0.0819 e. The molecule has 1 atom stereocenters. The summed E-state index contributed by atoms with van der Waals surface area (Å²) in [7, 11) is -1.77. The summed E-state index contributed by atoms with van der Waals surface area (Å²) >= 11 is 0. The summed E-state index contributed by atoms with van der Waals surface area (Å²) in [6, 6.07) is 0.645. The van der Waals surface area contributed by atoms with Crippen molar-refractivity contribution in [1.82, 2.24) is 5.32 Å². The van der Waals surface area contributed by atoms with Crippen LogP contribution >= 0.6 is 19.5 Å². The maximum atomic E-state index is 11.4. The Kier molecular flexibility index (Phi) is 6.28. The standard InChI is InChI=1S/C9H20NOP.ClH/c1-12(2,11)8-6-9-5-3-4-7-10-9;/h9-10H,3-8H2,1-2H3;1H. The highest BCUT2D eigenvalue weighted by atomic mass is 35.5. The topological polar surface area (TPSA) is 29.1 Å². The maximum Gasteiger partial charge on any atom is 0.0819 e. The van der Waals surface area contributed by atoms with Crippen molar-refractivity contribution in [3.8, 4) is 0 Å². The van der Waals surface area contributed by atoms with E-state index in [1.807, 2.05) is 13.3 Å². The lowest BCUT2D eigenvalue weighted by Crippen LogP contribution is -2.34. The first-order valence-corrected chi connectivity index (χ1v) is 7.64. The van der Waals surface area contributed by atoms with Crippen LogP contribution in [-0.4, -0.2) is 32.1 Å². The summed E-state index contributed by atoms with van der Waals surface area (Å²) in [5, 5.41) is 3.47. The molecule has 1 saturated heterocycles. The van der Waals surface area contributed by atoms with Crippen LogP contribution in [0.25, 0.3) is 0 Å². The average molecular weight is 226 g/mol. The summed E-state index contributed by atoms with van der Waals surface area (Å²) in [6.07, 6.45) is 5.94. The van der Waals surface area contributed by atoms with Crippen LogP contribution < -0.4 is 5.32 Å². The lowest BCUT2D eigenvalue weighted by atomic mass is 10.0. The Morgan fingerprint density at radius 1 is 1.38 bits per heavy atom. The molecule has 0 aliphatic carbocycles. The molecule has 13 heavy (non-hydrogen) atoms. The summed E-state index contributed by atoms with van der Waals surface area (Å²) in [6.45, 7) is 4.92. The molecular weight excluding hydrogens is 205 g/mol. The van der Waals surface area contributed by atoms with E-state index in [4.69, 9.17) is 0 Å². The molecule has 0 aromatic rings. The van der Waals surface area contributed by atoms with Gasteiger partial charge in [0.1, 0.15) is 0 Å². The summed E-state index contributed by atoms with van der Waals surface area (Å²) < 4.78 is 11.4. The molecule has 4 heteroatoms. The van der Waals surface area contributed by atoms with Crippen LogP contribution in [0.2, 0.25) is 0 Å². The molecule has 80 valence electrons. The van der Waals surface area contributed by atoms with Gasteiger partial charge in [0.05, 0.1) is 7.14 Å². The fourth-order valence-corrected chi connectivity index (χ4v) is 2.57. The Hall–Kier alpha value is 0.480. The molecule has 1 N–H and O–H groups in total. The van der Waals surface area contributed by atoms with Gasteiger partial charge in [0, 0.05) is 12.2 Å². The van der Waals surface area contributed by atoms with Crippen molar-refractivity contribution in [3.63, 3.8) is 0 Å². The largest absolute Gasteiger partial charge is 0.324 e. The molecule has 1 rings (SSSR count). The van der Waals surface area contributed by atoms with Crippen LogP contribution in [0.3, 0.4) is 0 Å². The number of nitrogens with one attached hydrogen (secondary N) is 1. The van der Waals surface area contributed by atoms with Crippen molar-refractivity contribution < 1.29 is 4.57 Å². The maximum absolute atomic E-state index is 11.4. The number of hydrogen-bond donors (Lipinski definition) is 1. The minimum Gasteiger partial charge on any atom is -0.324 e. The highest BCUT2D eigenvalue weighted by Gasteiger charge is 2.15. The predicted octanol–water partition coefficient (Wildman–Crippen LogP) is 2.56. The van der Waals surface area contributed by atoms with Crippen LogP contribution in [-0.2, 0) is 4.57 Å². The van der Waals surface area contributed by atoms with E-state index in [2.05, 4.69) is 5.32 Å². The van der Waals surface area contributed by atoms with E-state index >= 15 is 0 Å². The average Bonchev–Trinajstić information content (AvgIpc) is 2.02. The van der Waals surface area contributed by atoms with Crippen molar-refractivity contribution in [2.75, 3.05) is 26.0 Å². The number of hydrogen-bond acceptors (Lipinski definition) is 2. The quantitative estimate of drug-likeness (QED) is 0.748. The van der Waals surface area contributed by atoms with E-state index in [1.165, 1.54) is 19.3 Å². The number of piperidine rings is 1. The van der Waals surface area contributed by atoms with Crippen molar-refractivity contribution in [1.29, 1.82) is 0 Å². The molecule has 1 heterocycles. The van der Waals surface area contributed by atoms with Crippen LogP contribution in [0.15, 0.2) is 0 Å². The molecule has 0 aromatic heterocycles. The zero-order valence-electron chi connectivity index (χ0n) is 8.58. The Balaban J connectivity index is 0.00000144. The molecule has 0 spiro atoms. The fraction of sp³-hybridized carbons (Fsp3) is 1.00. The zero-order chi connectivity index (χ0) is 9.03. The van der Waals surface area contributed by atoms with Gasteiger partial charge in [-0.3, -0.25) is 0 Å². The van der Waals surface area contributed by atoms with E-state index in [0.717, 1.165) is 19.1 Å². The van der Waals surface area contributed by atoms with Gasteiger partial charge in [0.25, 0.3) is 0 Å². The highest BCUT2D eigenvalue weighted by Crippen LogP contribution is 2.37. The van der Waals surface area contributed by atoms with Crippen LogP contribution in [0, 0.1) is 0 Å². The molecule has 1 fully saturated rings. The van der Waals surface area contributed by atoms with E-state index in [-0.39, 0.29) is 12.4 Å². The second-order valence-corrected chi connectivity index (χ2v) is 7.83. The van der Waals surface area contributed by atoms with Crippen LogP contribution in [0.5, 0.6) is 0 Å². The van der Waals surface area contributed by atoms with Gasteiger partial charge >= 0.3 is 0 Å². The van der Waals surface area contributed by atoms with Crippen molar-refractivity contribution >= 4 is 19.5 Å². The molecule has 2 nitrogen and oxygen atoms in total. The van der Waals surface area contributed by atoms with Gasteiger partial charge in [-0.15, -0.1) is 12.4 Å². The van der Waals surface area contributed by atoms with Gasteiger partial charge in [0.2, 0.25) is 0 Å². The van der Waals surface area contributed by atoms with Crippen LogP contribution in [0.4, 0.5) is 0 Å². The normalized spacial score (nSPS) is 23.7. The summed E-state index contributed by atoms with van der Waals surface area (Å²) in [4.78, 5) is 0. The predicted molar refractivity (Wildman–Crippen MR) is 61.8 cm³/mol. The van der Waals surface area contributed by atoms with E-state index in [0.29, 0.717) is 6.04 Å². The molecule has 1 aliphatic heterocycles. The Morgan fingerprint density at radius 2 is 2.08 bits per heavy atom. The molecule has 1 unspecified atom stereocenters. The Morgan fingerprint density at radius 3 is 2.54 bits per heavy atom. The molecule has 0 bridgehead atoms. The van der Waals surface area contributed by atoms with Gasteiger partial charge in [-0.1, -0.05) is 6.42 Å². The van der Waals surface area contributed by atoms with Gasteiger partial charge in [-0.05, 0) is 39.1 Å².